The van der Waals surface area contributed by atoms with Gasteiger partial charge in [0.05, 0.1) is 5.56 Å². The van der Waals surface area contributed by atoms with Gasteiger partial charge >= 0.3 is 5.97 Å². The maximum Gasteiger partial charge on any atom is 0.335 e. The molecule has 0 bridgehead atoms. The van der Waals surface area contributed by atoms with Gasteiger partial charge in [0.15, 0.2) is 0 Å². The first-order chi connectivity index (χ1) is 10.5. The first-order valence-electron chi connectivity index (χ1n) is 8.86. The van der Waals surface area contributed by atoms with Crippen LogP contribution in [0, 0.1) is 24.2 Å². The number of aromatic carboxylic acids is 1. The zero-order chi connectivity index (χ0) is 15.5. The highest BCUT2D eigenvalue weighted by Crippen LogP contribution is 2.61. The van der Waals surface area contributed by atoms with Crippen LogP contribution in [-0.2, 0) is 6.42 Å². The molecule has 3 aliphatic carbocycles. The Morgan fingerprint density at radius 2 is 2.05 bits per heavy atom. The molecule has 4 rings (SSSR count). The van der Waals surface area contributed by atoms with Crippen molar-refractivity contribution < 1.29 is 9.90 Å². The van der Waals surface area contributed by atoms with E-state index >= 15 is 0 Å². The molecule has 0 saturated heterocycles. The van der Waals surface area contributed by atoms with Gasteiger partial charge in [-0.2, -0.15) is 0 Å². The molecule has 2 saturated carbocycles. The summed E-state index contributed by atoms with van der Waals surface area (Å²) >= 11 is 0. The van der Waals surface area contributed by atoms with Crippen molar-refractivity contribution in [3.63, 3.8) is 0 Å². The van der Waals surface area contributed by atoms with Crippen LogP contribution in [0.3, 0.4) is 0 Å². The van der Waals surface area contributed by atoms with E-state index < -0.39 is 5.97 Å². The summed E-state index contributed by atoms with van der Waals surface area (Å²) in [5.74, 6) is 1.63. The third kappa shape index (κ3) is 1.96. The Kier molecular flexibility index (Phi) is 3.15. The van der Waals surface area contributed by atoms with E-state index in [-0.39, 0.29) is 0 Å². The predicted octanol–water partition coefficient (Wildman–Crippen LogP) is 4.94. The van der Waals surface area contributed by atoms with E-state index in [2.05, 4.69) is 13.8 Å². The monoisotopic (exact) mass is 298 g/mol. The van der Waals surface area contributed by atoms with Crippen molar-refractivity contribution in [1.29, 1.82) is 0 Å². The number of aryl methyl sites for hydroxylation is 2. The van der Waals surface area contributed by atoms with E-state index in [1.54, 1.807) is 0 Å². The van der Waals surface area contributed by atoms with Crippen LogP contribution in [0.1, 0.15) is 78.4 Å². The van der Waals surface area contributed by atoms with Gasteiger partial charge in [-0.1, -0.05) is 13.3 Å². The Labute approximate surface area is 132 Å². The highest BCUT2D eigenvalue weighted by molar-refractivity contribution is 5.88. The summed E-state index contributed by atoms with van der Waals surface area (Å²) in [4.78, 5) is 11.3. The number of hydrogen-bond acceptors (Lipinski definition) is 1. The summed E-state index contributed by atoms with van der Waals surface area (Å²) in [5, 5.41) is 9.30. The van der Waals surface area contributed by atoms with E-state index in [0.717, 1.165) is 18.3 Å². The van der Waals surface area contributed by atoms with Crippen molar-refractivity contribution in [3.05, 3.63) is 34.4 Å². The lowest BCUT2D eigenvalue weighted by Crippen LogP contribution is -2.39. The van der Waals surface area contributed by atoms with E-state index in [1.165, 1.54) is 55.2 Å². The number of carboxylic acid groups (broad SMARTS) is 1. The molecule has 0 unspecified atom stereocenters. The molecule has 0 aliphatic heterocycles. The molecule has 0 radical (unpaired) electrons. The lowest BCUT2D eigenvalue weighted by Gasteiger charge is -2.49. The minimum Gasteiger partial charge on any atom is -0.478 e. The summed E-state index contributed by atoms with van der Waals surface area (Å²) in [6.45, 7) is 4.65. The minimum absolute atomic E-state index is 0.469. The topological polar surface area (TPSA) is 37.3 Å². The van der Waals surface area contributed by atoms with Gasteiger partial charge in [-0.05, 0) is 97.4 Å². The van der Waals surface area contributed by atoms with Gasteiger partial charge in [-0.25, -0.2) is 4.79 Å². The highest BCUT2D eigenvalue weighted by Gasteiger charge is 2.50. The first-order valence-corrected chi connectivity index (χ1v) is 8.86. The molecule has 0 spiro atoms. The lowest BCUT2D eigenvalue weighted by molar-refractivity contribution is 0.0595. The van der Waals surface area contributed by atoms with Crippen LogP contribution in [0.25, 0.3) is 0 Å². The third-order valence-corrected chi connectivity index (χ3v) is 7.06. The molecule has 4 atom stereocenters. The first kappa shape index (κ1) is 14.3. The molecule has 0 amide bonds. The van der Waals surface area contributed by atoms with Crippen molar-refractivity contribution in [2.75, 3.05) is 0 Å². The Morgan fingerprint density at radius 3 is 2.82 bits per heavy atom. The zero-order valence-corrected chi connectivity index (χ0v) is 13.7. The second kappa shape index (κ2) is 4.84. The quantitative estimate of drug-likeness (QED) is 0.797. The van der Waals surface area contributed by atoms with Crippen molar-refractivity contribution in [3.8, 4) is 0 Å². The van der Waals surface area contributed by atoms with Gasteiger partial charge in [0.2, 0.25) is 0 Å². The second-order valence-electron chi connectivity index (χ2n) is 8.17. The van der Waals surface area contributed by atoms with Crippen LogP contribution in [0.4, 0.5) is 0 Å². The summed E-state index contributed by atoms with van der Waals surface area (Å²) < 4.78 is 0. The van der Waals surface area contributed by atoms with Crippen molar-refractivity contribution in [1.82, 2.24) is 0 Å². The van der Waals surface area contributed by atoms with E-state index in [0.29, 0.717) is 16.9 Å². The predicted molar refractivity (Wildman–Crippen MR) is 87.4 cm³/mol. The second-order valence-corrected chi connectivity index (χ2v) is 8.17. The molecule has 1 aromatic rings. The lowest BCUT2D eigenvalue weighted by atomic mass is 9.55. The van der Waals surface area contributed by atoms with Crippen molar-refractivity contribution in [2.24, 2.45) is 17.3 Å². The molecule has 1 N–H and O–H groups in total. The number of fused-ring (bicyclic) bond motifs is 5. The summed E-state index contributed by atoms with van der Waals surface area (Å²) in [7, 11) is 0. The third-order valence-electron chi connectivity index (χ3n) is 7.06. The number of carbonyl (C=O) groups is 1. The summed E-state index contributed by atoms with van der Waals surface area (Å²) in [6.07, 6.45) is 9.25. The van der Waals surface area contributed by atoms with Gasteiger partial charge in [0, 0.05) is 0 Å². The standard InChI is InChI=1S/C20H26O2/c1-12-10-14(19(21)22)11-13-5-6-15-16(18(12)13)7-9-20(2)8-3-4-17(15)20/h10-11,15-17H,3-9H2,1-2H3,(H,21,22)/t15-,16+,17+,20+/m1/s1. The molecule has 2 heteroatoms. The molecular weight excluding hydrogens is 272 g/mol. The fourth-order valence-electron chi connectivity index (χ4n) is 6.10. The molecular formula is C20H26O2. The number of hydrogen-bond donors (Lipinski definition) is 1. The number of carboxylic acids is 1. The van der Waals surface area contributed by atoms with Gasteiger partial charge in [0.1, 0.15) is 0 Å². The van der Waals surface area contributed by atoms with Crippen LogP contribution >= 0.6 is 0 Å². The molecule has 1 aromatic carbocycles. The largest absolute Gasteiger partial charge is 0.478 e. The van der Waals surface area contributed by atoms with Crippen molar-refractivity contribution >= 4 is 5.97 Å². The molecule has 3 aliphatic rings. The number of rotatable bonds is 1. The molecule has 0 aromatic heterocycles. The SMILES string of the molecule is Cc1cc(C(=O)O)cc2c1[C@H]1CC[C@]3(C)CCC[C@H]3[C@@H]1CC2. The fourth-order valence-corrected chi connectivity index (χ4v) is 6.10. The average Bonchev–Trinajstić information content (AvgIpc) is 2.88. The zero-order valence-electron chi connectivity index (χ0n) is 13.7. The maximum atomic E-state index is 11.3. The summed E-state index contributed by atoms with van der Waals surface area (Å²) in [5.41, 5.74) is 5.10. The van der Waals surface area contributed by atoms with Crippen molar-refractivity contribution in [2.45, 2.75) is 64.7 Å². The molecule has 2 nitrogen and oxygen atoms in total. The van der Waals surface area contributed by atoms with E-state index in [1.807, 2.05) is 12.1 Å². The normalized spacial score (nSPS) is 36.4. The smallest absolute Gasteiger partial charge is 0.335 e. The van der Waals surface area contributed by atoms with Crippen LogP contribution in [0.15, 0.2) is 12.1 Å². The molecule has 22 heavy (non-hydrogen) atoms. The molecule has 118 valence electrons. The Hall–Kier alpha value is -1.31. The van der Waals surface area contributed by atoms with Gasteiger partial charge in [0.25, 0.3) is 0 Å². The van der Waals surface area contributed by atoms with E-state index in [9.17, 15) is 9.90 Å². The minimum atomic E-state index is -0.792. The van der Waals surface area contributed by atoms with Crippen LogP contribution < -0.4 is 0 Å². The Balaban J connectivity index is 1.75. The average molecular weight is 298 g/mol. The Morgan fingerprint density at radius 1 is 1.23 bits per heavy atom. The van der Waals surface area contributed by atoms with Crippen LogP contribution in [0.5, 0.6) is 0 Å². The maximum absolute atomic E-state index is 11.3. The van der Waals surface area contributed by atoms with E-state index in [4.69, 9.17) is 0 Å². The highest BCUT2D eigenvalue weighted by atomic mass is 16.4. The van der Waals surface area contributed by atoms with Crippen LogP contribution in [-0.4, -0.2) is 11.1 Å². The summed E-state index contributed by atoms with van der Waals surface area (Å²) in [6, 6.07) is 3.84. The number of benzene rings is 1. The van der Waals surface area contributed by atoms with Crippen LogP contribution in [0.2, 0.25) is 0 Å². The molecule has 0 heterocycles. The van der Waals surface area contributed by atoms with Gasteiger partial charge < -0.3 is 5.11 Å². The van der Waals surface area contributed by atoms with Gasteiger partial charge in [-0.3, -0.25) is 0 Å². The molecule has 2 fully saturated rings. The Bertz CT molecular complexity index is 633. The van der Waals surface area contributed by atoms with Gasteiger partial charge in [-0.15, -0.1) is 0 Å². The fraction of sp³-hybridized carbons (Fsp3) is 0.650.